The van der Waals surface area contributed by atoms with Gasteiger partial charge in [0.15, 0.2) is 11.6 Å². The molecule has 0 radical (unpaired) electrons. The van der Waals surface area contributed by atoms with Gasteiger partial charge in [-0.15, -0.1) is 11.8 Å². The lowest BCUT2D eigenvalue weighted by Gasteiger charge is -2.27. The van der Waals surface area contributed by atoms with E-state index < -0.39 is 17.5 Å². The van der Waals surface area contributed by atoms with E-state index in [0.717, 1.165) is 45.5 Å². The van der Waals surface area contributed by atoms with Crippen LogP contribution in [0, 0.1) is 12.7 Å². The van der Waals surface area contributed by atoms with E-state index in [1.165, 1.54) is 31.0 Å². The quantitative estimate of drug-likeness (QED) is 0.309. The van der Waals surface area contributed by atoms with Crippen LogP contribution in [0.2, 0.25) is 0 Å². The minimum Gasteiger partial charge on any atom is -0.494 e. The van der Waals surface area contributed by atoms with Gasteiger partial charge < -0.3 is 14.8 Å². The first-order chi connectivity index (χ1) is 18.8. The number of allylic oxidation sites excluding steroid dienone is 4. The first-order valence-electron chi connectivity index (χ1n) is 12.9. The highest BCUT2D eigenvalue weighted by atomic mass is 32.2. The molecular formula is C29H34F3N3O3S. The number of rotatable bonds is 11. The minimum atomic E-state index is -0.921. The van der Waals surface area contributed by atoms with Gasteiger partial charge in [0, 0.05) is 56.0 Å². The van der Waals surface area contributed by atoms with Crippen LogP contribution in [0.4, 0.5) is 13.2 Å². The Bertz CT molecular complexity index is 1340. The molecule has 1 atom stereocenters. The fourth-order valence-corrected chi connectivity index (χ4v) is 6.43. The lowest BCUT2D eigenvalue weighted by atomic mass is 9.93. The monoisotopic (exact) mass is 561 g/mol. The van der Waals surface area contributed by atoms with Crippen molar-refractivity contribution in [3.63, 3.8) is 0 Å². The molecule has 0 saturated carbocycles. The predicted molar refractivity (Wildman–Crippen MR) is 150 cm³/mol. The molecule has 1 fully saturated rings. The van der Waals surface area contributed by atoms with Crippen molar-refractivity contribution in [1.82, 2.24) is 14.8 Å². The molecule has 0 aliphatic carbocycles. The summed E-state index contributed by atoms with van der Waals surface area (Å²) in [6.07, 6.45) is 0.777. The summed E-state index contributed by atoms with van der Waals surface area (Å²) >= 11 is 1.46. The summed E-state index contributed by atoms with van der Waals surface area (Å²) < 4.78 is 56.6. The average Bonchev–Trinajstić information content (AvgIpc) is 3.36. The number of nitrogens with one attached hydrogen (secondary N) is 1. The molecule has 2 aliphatic rings. The van der Waals surface area contributed by atoms with E-state index in [1.807, 2.05) is 0 Å². The molecule has 1 aromatic carbocycles. The number of benzene rings is 1. The molecule has 0 amide bonds. The van der Waals surface area contributed by atoms with Crippen LogP contribution in [-0.2, 0) is 11.2 Å². The van der Waals surface area contributed by atoms with Gasteiger partial charge in [-0.25, -0.2) is 13.2 Å². The zero-order chi connectivity index (χ0) is 28.1. The van der Waals surface area contributed by atoms with E-state index in [9.17, 15) is 13.6 Å². The van der Waals surface area contributed by atoms with Crippen LogP contribution in [-0.4, -0.2) is 68.3 Å². The third-order valence-electron chi connectivity index (χ3n) is 7.20. The van der Waals surface area contributed by atoms with Crippen LogP contribution in [0.5, 0.6) is 5.75 Å². The van der Waals surface area contributed by atoms with Crippen molar-refractivity contribution >= 4 is 11.8 Å². The third kappa shape index (κ3) is 6.19. The lowest BCUT2D eigenvalue weighted by Crippen LogP contribution is -2.41. The summed E-state index contributed by atoms with van der Waals surface area (Å²) in [6.45, 7) is 13.7. The smallest absolute Gasteiger partial charge is 0.260 e. The number of aromatic nitrogens is 1. The SMILES string of the molecule is C=C/C(F)=C(/Cc1c(C)c(-c2cccc(OC)c2F)c(=O)n2c1SCC2CNCCN1CCOCC1)C(=C)F. The molecule has 1 N–H and O–H groups in total. The number of methoxy groups -OCH3 is 1. The van der Waals surface area contributed by atoms with E-state index in [1.54, 1.807) is 17.6 Å². The Labute approximate surface area is 231 Å². The number of halogens is 3. The molecule has 1 saturated heterocycles. The van der Waals surface area contributed by atoms with Crippen LogP contribution in [0.15, 0.2) is 64.5 Å². The highest BCUT2D eigenvalue weighted by Crippen LogP contribution is 2.41. The van der Waals surface area contributed by atoms with Gasteiger partial charge in [0.1, 0.15) is 11.7 Å². The molecule has 4 rings (SSSR count). The van der Waals surface area contributed by atoms with E-state index in [2.05, 4.69) is 23.4 Å². The molecule has 0 spiro atoms. The molecule has 10 heteroatoms. The first kappa shape index (κ1) is 29.2. The number of fused-ring (bicyclic) bond motifs is 1. The van der Waals surface area contributed by atoms with Crippen molar-refractivity contribution in [3.05, 3.63) is 82.0 Å². The topological polar surface area (TPSA) is 55.7 Å². The molecular weight excluding hydrogens is 527 g/mol. The molecule has 210 valence electrons. The largest absolute Gasteiger partial charge is 0.494 e. The Morgan fingerprint density at radius 2 is 2.05 bits per heavy atom. The number of hydrogen-bond donors (Lipinski definition) is 1. The van der Waals surface area contributed by atoms with Crippen molar-refractivity contribution in [2.75, 3.05) is 58.8 Å². The van der Waals surface area contributed by atoms with Gasteiger partial charge in [-0.1, -0.05) is 25.3 Å². The zero-order valence-electron chi connectivity index (χ0n) is 22.3. The normalized spacial score (nSPS) is 18.0. The number of morpholine rings is 1. The highest BCUT2D eigenvalue weighted by Gasteiger charge is 2.32. The molecule has 2 aromatic rings. The maximum absolute atomic E-state index is 15.4. The molecule has 3 heterocycles. The van der Waals surface area contributed by atoms with E-state index >= 15 is 4.39 Å². The Kier molecular flexibility index (Phi) is 9.76. The van der Waals surface area contributed by atoms with E-state index in [4.69, 9.17) is 9.47 Å². The standard InChI is InChI=1S/C29H34F3N3O3S/c1-5-24(31)23(19(3)30)15-22-18(2)26(21-7-6-8-25(37-4)27(21)32)28(36)35-20(17-39-29(22)35)16-33-9-10-34-11-13-38-14-12-34/h5-8,20,33H,1,3,9-17H2,2,4H3/b24-23+. The van der Waals surface area contributed by atoms with Gasteiger partial charge in [0.05, 0.1) is 37.0 Å². The maximum atomic E-state index is 15.4. The van der Waals surface area contributed by atoms with Crippen molar-refractivity contribution in [2.24, 2.45) is 0 Å². The molecule has 0 bridgehead atoms. The number of ether oxygens (including phenoxy) is 2. The summed E-state index contributed by atoms with van der Waals surface area (Å²) in [7, 11) is 1.35. The summed E-state index contributed by atoms with van der Waals surface area (Å²) in [4.78, 5) is 16.3. The highest BCUT2D eigenvalue weighted by molar-refractivity contribution is 7.99. The van der Waals surface area contributed by atoms with Crippen LogP contribution in [0.1, 0.15) is 17.2 Å². The second kappa shape index (κ2) is 13.0. The lowest BCUT2D eigenvalue weighted by molar-refractivity contribution is 0.0384. The van der Waals surface area contributed by atoms with Crippen LogP contribution < -0.4 is 15.6 Å². The summed E-state index contributed by atoms with van der Waals surface area (Å²) in [5.41, 5.74) is 0.643. The fourth-order valence-electron chi connectivity index (χ4n) is 5.05. The summed E-state index contributed by atoms with van der Waals surface area (Å²) in [6, 6.07) is 4.38. The Hall–Kier alpha value is -2.79. The van der Waals surface area contributed by atoms with Crippen LogP contribution in [0.3, 0.4) is 0 Å². The van der Waals surface area contributed by atoms with Crippen molar-refractivity contribution in [3.8, 4) is 16.9 Å². The number of thioether (sulfide) groups is 1. The van der Waals surface area contributed by atoms with Gasteiger partial charge in [-0.2, -0.15) is 0 Å². The predicted octanol–water partition coefficient (Wildman–Crippen LogP) is 4.98. The van der Waals surface area contributed by atoms with Crippen molar-refractivity contribution < 1.29 is 22.6 Å². The second-order valence-electron chi connectivity index (χ2n) is 9.52. The molecule has 1 aromatic heterocycles. The molecule has 2 aliphatic heterocycles. The number of pyridine rings is 1. The minimum absolute atomic E-state index is 0.00414. The Morgan fingerprint density at radius 1 is 1.31 bits per heavy atom. The molecule has 6 nitrogen and oxygen atoms in total. The van der Waals surface area contributed by atoms with Crippen LogP contribution >= 0.6 is 11.8 Å². The number of nitrogens with zero attached hydrogens (tertiary/aromatic N) is 2. The van der Waals surface area contributed by atoms with Crippen molar-refractivity contribution in [2.45, 2.75) is 24.4 Å². The first-order valence-corrected chi connectivity index (χ1v) is 13.9. The van der Waals surface area contributed by atoms with Gasteiger partial charge in [0.2, 0.25) is 0 Å². The molecule has 39 heavy (non-hydrogen) atoms. The maximum Gasteiger partial charge on any atom is 0.260 e. The fraction of sp³-hybridized carbons (Fsp3) is 0.414. The second-order valence-corrected chi connectivity index (χ2v) is 10.5. The third-order valence-corrected chi connectivity index (χ3v) is 8.47. The average molecular weight is 562 g/mol. The van der Waals surface area contributed by atoms with E-state index in [0.29, 0.717) is 28.5 Å². The van der Waals surface area contributed by atoms with Gasteiger partial charge >= 0.3 is 0 Å². The van der Waals surface area contributed by atoms with Gasteiger partial charge in [0.25, 0.3) is 5.56 Å². The summed E-state index contributed by atoms with van der Waals surface area (Å²) in [5.74, 6) is -1.82. The van der Waals surface area contributed by atoms with Gasteiger partial charge in [-0.05, 0) is 30.2 Å². The zero-order valence-corrected chi connectivity index (χ0v) is 23.1. The Morgan fingerprint density at radius 3 is 2.72 bits per heavy atom. The molecule has 1 unspecified atom stereocenters. The number of hydrogen-bond acceptors (Lipinski definition) is 6. The van der Waals surface area contributed by atoms with E-state index in [-0.39, 0.29) is 40.5 Å². The van der Waals surface area contributed by atoms with Gasteiger partial charge in [-0.3, -0.25) is 14.3 Å². The van der Waals surface area contributed by atoms with Crippen LogP contribution in [0.25, 0.3) is 11.1 Å². The van der Waals surface area contributed by atoms with Crippen molar-refractivity contribution in [1.29, 1.82) is 0 Å². The summed E-state index contributed by atoms with van der Waals surface area (Å²) in [5, 5.41) is 4.07. The Balaban J connectivity index is 1.75.